The van der Waals surface area contributed by atoms with Crippen LogP contribution in [0.15, 0.2) is 41.4 Å². The monoisotopic (exact) mass is 384 g/mol. The highest BCUT2D eigenvalue weighted by Crippen LogP contribution is 2.35. The van der Waals surface area contributed by atoms with E-state index in [1.807, 2.05) is 0 Å². The highest BCUT2D eigenvalue weighted by Gasteiger charge is 2.38. The van der Waals surface area contributed by atoms with Crippen molar-refractivity contribution in [3.05, 3.63) is 53.3 Å². The predicted octanol–water partition coefficient (Wildman–Crippen LogP) is 3.10. The summed E-state index contributed by atoms with van der Waals surface area (Å²) in [5.41, 5.74) is -1.06. The first-order chi connectivity index (χ1) is 12.1. The molecule has 1 aromatic heterocycles. The summed E-state index contributed by atoms with van der Waals surface area (Å²) in [6, 6.07) is 6.37. The zero-order valence-electron chi connectivity index (χ0n) is 13.7. The molecule has 0 saturated heterocycles. The second-order valence-electron chi connectivity index (χ2n) is 5.98. The number of anilines is 1. The fraction of sp³-hybridized carbons (Fsp3) is 0.294. The van der Waals surface area contributed by atoms with Crippen molar-refractivity contribution >= 4 is 21.4 Å². The molecular weight excluding hydrogens is 369 g/mol. The van der Waals surface area contributed by atoms with Gasteiger partial charge in [-0.1, -0.05) is 6.07 Å². The summed E-state index contributed by atoms with van der Waals surface area (Å²) in [6.45, 7) is 0.187. The first-order valence-corrected chi connectivity index (χ1v) is 9.66. The third-order valence-corrected chi connectivity index (χ3v) is 5.35. The topological polar surface area (TPSA) is 67.3 Å². The number of alkyl halides is 3. The molecule has 138 valence electrons. The Morgan fingerprint density at radius 3 is 2.58 bits per heavy atom. The van der Waals surface area contributed by atoms with Gasteiger partial charge in [-0.15, -0.1) is 0 Å². The molecule has 1 aliphatic heterocycles. The van der Waals surface area contributed by atoms with Crippen LogP contribution in [0.5, 0.6) is 0 Å². The molecule has 0 radical (unpaired) electrons. The summed E-state index contributed by atoms with van der Waals surface area (Å²) in [5, 5.41) is 0. The van der Waals surface area contributed by atoms with Gasteiger partial charge in [-0.2, -0.15) is 13.2 Å². The predicted molar refractivity (Wildman–Crippen MR) is 88.8 cm³/mol. The molecule has 1 aromatic carbocycles. The number of benzene rings is 1. The largest absolute Gasteiger partial charge is 0.418 e. The smallest absolute Gasteiger partial charge is 0.307 e. The van der Waals surface area contributed by atoms with Gasteiger partial charge in [-0.3, -0.25) is 9.78 Å². The van der Waals surface area contributed by atoms with Gasteiger partial charge >= 0.3 is 6.18 Å². The molecule has 0 fully saturated rings. The Morgan fingerprint density at radius 2 is 1.92 bits per heavy atom. The highest BCUT2D eigenvalue weighted by molar-refractivity contribution is 7.90. The minimum absolute atomic E-state index is 0.0876. The van der Waals surface area contributed by atoms with E-state index in [-0.39, 0.29) is 11.4 Å². The van der Waals surface area contributed by atoms with Crippen LogP contribution in [-0.2, 0) is 22.4 Å². The summed E-state index contributed by atoms with van der Waals surface area (Å²) in [7, 11) is -3.52. The number of hydrogen-bond donors (Lipinski definition) is 0. The molecule has 0 unspecified atom stereocenters. The molecule has 0 aliphatic carbocycles. The molecular formula is C17H15F3N2O3S. The van der Waals surface area contributed by atoms with E-state index in [4.69, 9.17) is 0 Å². The van der Waals surface area contributed by atoms with Gasteiger partial charge in [0.2, 0.25) is 0 Å². The van der Waals surface area contributed by atoms with Crippen LogP contribution in [0.1, 0.15) is 28.0 Å². The fourth-order valence-corrected chi connectivity index (χ4v) is 4.06. The molecule has 0 spiro atoms. The number of aromatic nitrogens is 1. The lowest BCUT2D eigenvalue weighted by Crippen LogP contribution is -2.37. The van der Waals surface area contributed by atoms with E-state index in [9.17, 15) is 26.4 Å². The Hall–Kier alpha value is -2.42. The quantitative estimate of drug-likeness (QED) is 0.798. The van der Waals surface area contributed by atoms with Gasteiger partial charge in [0, 0.05) is 24.7 Å². The number of sulfone groups is 1. The molecule has 9 heteroatoms. The standard InChI is InChI=1S/C17H15F3N2O3S/c1-26(24,25)14-8-2-7-13-11(14)5-4-10-22(13)16(23)15-12(17(18,19)20)6-3-9-21-15/h2-3,6-9H,4-5,10H2,1H3. The first kappa shape index (κ1) is 18.4. The number of pyridine rings is 1. The SMILES string of the molecule is CS(=O)(=O)c1cccc2c1CCCN2C(=O)c1ncccc1C(F)(F)F. The van der Waals surface area contributed by atoms with Crippen molar-refractivity contribution in [3.63, 3.8) is 0 Å². The highest BCUT2D eigenvalue weighted by atomic mass is 32.2. The van der Waals surface area contributed by atoms with Gasteiger partial charge in [-0.25, -0.2) is 8.42 Å². The van der Waals surface area contributed by atoms with Crippen LogP contribution in [0.3, 0.4) is 0 Å². The van der Waals surface area contributed by atoms with Crippen molar-refractivity contribution in [3.8, 4) is 0 Å². The third kappa shape index (κ3) is 3.31. The Bertz CT molecular complexity index is 971. The van der Waals surface area contributed by atoms with E-state index in [2.05, 4.69) is 4.98 Å². The molecule has 0 bridgehead atoms. The van der Waals surface area contributed by atoms with Crippen molar-refractivity contribution in [1.82, 2.24) is 4.98 Å². The third-order valence-electron chi connectivity index (χ3n) is 4.17. The minimum atomic E-state index is -4.72. The maximum atomic E-state index is 13.2. The van der Waals surface area contributed by atoms with Crippen LogP contribution < -0.4 is 4.90 Å². The van der Waals surface area contributed by atoms with Crippen LogP contribution in [0.2, 0.25) is 0 Å². The van der Waals surface area contributed by atoms with Gasteiger partial charge in [0.05, 0.1) is 10.5 Å². The van der Waals surface area contributed by atoms with Crippen molar-refractivity contribution in [2.75, 3.05) is 17.7 Å². The molecule has 1 aliphatic rings. The lowest BCUT2D eigenvalue weighted by atomic mass is 10.0. The second kappa shape index (κ2) is 6.39. The molecule has 0 saturated carbocycles. The van der Waals surface area contributed by atoms with E-state index >= 15 is 0 Å². The lowest BCUT2D eigenvalue weighted by molar-refractivity contribution is -0.138. The number of halogens is 3. The van der Waals surface area contributed by atoms with Crippen LogP contribution in [0, 0.1) is 0 Å². The molecule has 0 atom stereocenters. The van der Waals surface area contributed by atoms with Crippen molar-refractivity contribution in [1.29, 1.82) is 0 Å². The van der Waals surface area contributed by atoms with E-state index in [1.165, 1.54) is 23.1 Å². The van der Waals surface area contributed by atoms with Crippen LogP contribution in [-0.4, -0.2) is 32.1 Å². The second-order valence-corrected chi connectivity index (χ2v) is 7.97. The Morgan fingerprint density at radius 1 is 1.19 bits per heavy atom. The summed E-state index contributed by atoms with van der Waals surface area (Å²) >= 11 is 0. The molecule has 2 aromatic rings. The number of carbonyl (C=O) groups excluding carboxylic acids is 1. The van der Waals surface area contributed by atoms with Gasteiger partial charge < -0.3 is 4.90 Å². The van der Waals surface area contributed by atoms with E-state index < -0.39 is 33.2 Å². The van der Waals surface area contributed by atoms with E-state index in [1.54, 1.807) is 0 Å². The number of carbonyl (C=O) groups is 1. The van der Waals surface area contributed by atoms with E-state index in [0.717, 1.165) is 24.6 Å². The van der Waals surface area contributed by atoms with Crippen LogP contribution in [0.4, 0.5) is 18.9 Å². The van der Waals surface area contributed by atoms with E-state index in [0.29, 0.717) is 24.1 Å². The summed E-state index contributed by atoms with van der Waals surface area (Å²) in [4.78, 5) is 17.7. The first-order valence-electron chi connectivity index (χ1n) is 7.76. The summed E-state index contributed by atoms with van der Waals surface area (Å²) < 4.78 is 63.6. The number of nitrogens with zero attached hydrogens (tertiary/aromatic N) is 2. The van der Waals surface area contributed by atoms with Crippen molar-refractivity contribution in [2.45, 2.75) is 23.9 Å². The minimum Gasteiger partial charge on any atom is -0.307 e. The molecule has 2 heterocycles. The Labute approximate surface area is 148 Å². The Balaban J connectivity index is 2.11. The summed E-state index contributed by atoms with van der Waals surface area (Å²) in [6.07, 6.45) is -1.66. The van der Waals surface area contributed by atoms with Crippen molar-refractivity contribution in [2.24, 2.45) is 0 Å². The molecule has 26 heavy (non-hydrogen) atoms. The maximum Gasteiger partial charge on any atom is 0.418 e. The molecule has 1 amide bonds. The molecule has 3 rings (SSSR count). The van der Waals surface area contributed by atoms with Gasteiger partial charge in [0.1, 0.15) is 5.69 Å². The Kier molecular flexibility index (Phi) is 4.51. The summed E-state index contributed by atoms with van der Waals surface area (Å²) in [5.74, 6) is -0.899. The lowest BCUT2D eigenvalue weighted by Gasteiger charge is -2.30. The average Bonchev–Trinajstić information content (AvgIpc) is 2.58. The normalized spacial score (nSPS) is 14.8. The number of amides is 1. The van der Waals surface area contributed by atoms with Gasteiger partial charge in [0.15, 0.2) is 9.84 Å². The van der Waals surface area contributed by atoms with Crippen LogP contribution in [0.25, 0.3) is 0 Å². The number of hydrogen-bond acceptors (Lipinski definition) is 4. The number of fused-ring (bicyclic) bond motifs is 1. The average molecular weight is 384 g/mol. The zero-order chi connectivity index (χ0) is 19.1. The molecule has 5 nitrogen and oxygen atoms in total. The molecule has 0 N–H and O–H groups in total. The van der Waals surface area contributed by atoms with Gasteiger partial charge in [-0.05, 0) is 42.7 Å². The van der Waals surface area contributed by atoms with Gasteiger partial charge in [0.25, 0.3) is 5.91 Å². The fourth-order valence-electron chi connectivity index (χ4n) is 3.08. The number of rotatable bonds is 2. The zero-order valence-corrected chi connectivity index (χ0v) is 14.6. The van der Waals surface area contributed by atoms with Crippen molar-refractivity contribution < 1.29 is 26.4 Å². The van der Waals surface area contributed by atoms with Crippen LogP contribution >= 0.6 is 0 Å². The maximum absolute atomic E-state index is 13.2.